The summed E-state index contributed by atoms with van der Waals surface area (Å²) in [4.78, 5) is 19.0. The summed E-state index contributed by atoms with van der Waals surface area (Å²) < 4.78 is 40.4. The molecule has 3 atom stereocenters. The number of benzene rings is 2. The molecule has 0 saturated carbocycles. The number of piperazine rings is 1. The fourth-order valence-corrected chi connectivity index (χ4v) is 6.54. The Bertz CT molecular complexity index is 1250. The first-order valence-corrected chi connectivity index (χ1v) is 13.8. The molecule has 0 spiro atoms. The number of aliphatic hydroxyl groups is 2. The Morgan fingerprint density at radius 2 is 1.82 bits per heavy atom. The number of aryl methyl sites for hydroxylation is 1. The van der Waals surface area contributed by atoms with Gasteiger partial charge in [0.1, 0.15) is 0 Å². The van der Waals surface area contributed by atoms with E-state index >= 15 is 0 Å². The molecule has 2 aromatic carbocycles. The Morgan fingerprint density at radius 1 is 1.18 bits per heavy atom. The largest absolute Gasteiger partial charge is 0.416 e. The highest BCUT2D eigenvalue weighted by Crippen LogP contribution is 2.49. The number of amides is 1. The summed E-state index contributed by atoms with van der Waals surface area (Å²) in [5, 5.41) is 28.8. The van der Waals surface area contributed by atoms with Gasteiger partial charge in [-0.3, -0.25) is 10.2 Å². The lowest BCUT2D eigenvalue weighted by atomic mass is 9.77. The van der Waals surface area contributed by atoms with E-state index in [0.717, 1.165) is 23.3 Å². The van der Waals surface area contributed by atoms with Crippen molar-refractivity contribution in [2.24, 2.45) is 5.41 Å². The summed E-state index contributed by atoms with van der Waals surface area (Å²) in [6.07, 6.45) is -3.66. The topological polar surface area (TPSA) is 91.1 Å². The second kappa shape index (κ2) is 11.6. The minimum atomic E-state index is -4.55. The van der Waals surface area contributed by atoms with Crippen molar-refractivity contribution in [1.82, 2.24) is 14.7 Å². The van der Waals surface area contributed by atoms with E-state index in [2.05, 4.69) is 0 Å². The van der Waals surface area contributed by atoms with Crippen LogP contribution in [0.5, 0.6) is 0 Å². The number of nitrogens with one attached hydrogen (secondary N) is 1. The smallest absolute Gasteiger partial charge is 0.396 e. The number of halogens is 4. The first kappa shape index (κ1) is 30.1. The summed E-state index contributed by atoms with van der Waals surface area (Å²) in [6.45, 7) is 4.03. The summed E-state index contributed by atoms with van der Waals surface area (Å²) in [5.41, 5.74) is 0.533. The molecule has 2 saturated heterocycles. The van der Waals surface area contributed by atoms with Gasteiger partial charge in [-0.2, -0.15) is 13.2 Å². The Kier molecular flexibility index (Phi) is 8.73. The first-order chi connectivity index (χ1) is 18.8. The van der Waals surface area contributed by atoms with E-state index in [1.165, 1.54) is 6.07 Å². The SMILES string of the molecule is Cc1ccccc1[C@H]1[C@@H]2CC(CCO)(CCO)C(=O)N2CCN1C(=N)N(C)[C@H](C)c1cc(Cl)cc(C(F)(F)F)c1. The van der Waals surface area contributed by atoms with Gasteiger partial charge in [0.05, 0.1) is 29.1 Å². The Labute approximate surface area is 237 Å². The zero-order valence-electron chi connectivity index (χ0n) is 22.9. The van der Waals surface area contributed by atoms with Crippen LogP contribution < -0.4 is 0 Å². The minimum absolute atomic E-state index is 0.0309. The molecule has 7 nitrogen and oxygen atoms in total. The van der Waals surface area contributed by atoms with Crippen LogP contribution in [-0.2, 0) is 11.0 Å². The Balaban J connectivity index is 1.71. The third-order valence-corrected chi connectivity index (χ3v) is 8.82. The van der Waals surface area contributed by atoms with Gasteiger partial charge in [-0.25, -0.2) is 0 Å². The molecule has 0 aromatic heterocycles. The van der Waals surface area contributed by atoms with Gasteiger partial charge in [-0.05, 0) is 68.0 Å². The van der Waals surface area contributed by atoms with Crippen molar-refractivity contribution in [3.8, 4) is 0 Å². The molecule has 3 N–H and O–H groups in total. The Morgan fingerprint density at radius 3 is 2.42 bits per heavy atom. The zero-order chi connectivity index (χ0) is 29.4. The molecule has 2 aliphatic rings. The monoisotopic (exact) mass is 580 g/mol. The van der Waals surface area contributed by atoms with Crippen molar-refractivity contribution < 1.29 is 28.2 Å². The maximum atomic E-state index is 13.7. The van der Waals surface area contributed by atoms with E-state index < -0.39 is 29.2 Å². The number of rotatable bonds is 7. The van der Waals surface area contributed by atoms with Crippen LogP contribution in [0.25, 0.3) is 0 Å². The van der Waals surface area contributed by atoms with E-state index in [1.807, 2.05) is 41.0 Å². The predicted octanol–water partition coefficient (Wildman–Crippen LogP) is 5.00. The van der Waals surface area contributed by atoms with Crippen LogP contribution in [0.1, 0.15) is 60.5 Å². The van der Waals surface area contributed by atoms with Gasteiger partial charge >= 0.3 is 6.18 Å². The van der Waals surface area contributed by atoms with Gasteiger partial charge in [0, 0.05) is 38.4 Å². The summed E-state index contributed by atoms with van der Waals surface area (Å²) in [7, 11) is 1.67. The highest BCUT2D eigenvalue weighted by Gasteiger charge is 2.56. The lowest BCUT2D eigenvalue weighted by Gasteiger charge is -2.48. The summed E-state index contributed by atoms with van der Waals surface area (Å²) in [6, 6.07) is 9.89. The molecule has 40 heavy (non-hydrogen) atoms. The maximum absolute atomic E-state index is 13.7. The van der Waals surface area contributed by atoms with Crippen molar-refractivity contribution in [3.63, 3.8) is 0 Å². The number of aliphatic hydroxyl groups excluding tert-OH is 2. The van der Waals surface area contributed by atoms with Crippen LogP contribution in [0.15, 0.2) is 42.5 Å². The number of hydrogen-bond acceptors (Lipinski definition) is 4. The standard InChI is InChI=1S/C29H36ClF3N4O3/c1-18-6-4-5-7-23(18)25-24-17-28(8-12-38,9-13-39)26(40)36(24)10-11-37(25)27(34)35(3)19(2)20-14-21(29(31,32)33)16-22(30)15-20/h4-7,14-16,19,24-25,34,38-39H,8-13,17H2,1-3H3/t19-,24+,25+/m1/s1. The molecule has 218 valence electrons. The first-order valence-electron chi connectivity index (χ1n) is 13.4. The van der Waals surface area contributed by atoms with Gasteiger partial charge in [-0.1, -0.05) is 35.9 Å². The average molecular weight is 581 g/mol. The van der Waals surface area contributed by atoms with Crippen LogP contribution in [-0.4, -0.2) is 76.2 Å². The molecule has 0 aliphatic carbocycles. The third kappa shape index (κ3) is 5.53. The highest BCUT2D eigenvalue weighted by atomic mass is 35.5. The second-order valence-electron chi connectivity index (χ2n) is 10.9. The van der Waals surface area contributed by atoms with Gasteiger partial charge in [-0.15, -0.1) is 0 Å². The summed E-state index contributed by atoms with van der Waals surface area (Å²) in [5.74, 6) is 0.0221. The van der Waals surface area contributed by atoms with E-state index in [-0.39, 0.29) is 49.0 Å². The van der Waals surface area contributed by atoms with E-state index in [4.69, 9.17) is 11.6 Å². The van der Waals surface area contributed by atoms with Gasteiger partial charge < -0.3 is 24.9 Å². The molecule has 11 heteroatoms. The van der Waals surface area contributed by atoms with Crippen molar-refractivity contribution in [2.75, 3.05) is 33.4 Å². The Hall–Kier alpha value is -2.82. The number of hydrogen-bond donors (Lipinski definition) is 3. The van der Waals surface area contributed by atoms with E-state index in [9.17, 15) is 33.6 Å². The number of guanidine groups is 1. The van der Waals surface area contributed by atoms with Crippen molar-refractivity contribution in [3.05, 3.63) is 69.7 Å². The molecule has 1 amide bonds. The van der Waals surface area contributed by atoms with Crippen LogP contribution in [0, 0.1) is 17.7 Å². The molecule has 4 rings (SSSR count). The molecule has 0 unspecified atom stereocenters. The third-order valence-electron chi connectivity index (χ3n) is 8.60. The average Bonchev–Trinajstić information content (AvgIpc) is 3.18. The lowest BCUT2D eigenvalue weighted by molar-refractivity contribution is -0.140. The number of carbonyl (C=O) groups excluding carboxylic acids is 1. The fraction of sp³-hybridized carbons (Fsp3) is 0.517. The van der Waals surface area contributed by atoms with Crippen LogP contribution >= 0.6 is 11.6 Å². The van der Waals surface area contributed by atoms with Gasteiger partial charge in [0.15, 0.2) is 5.96 Å². The number of nitrogens with zero attached hydrogens (tertiary/aromatic N) is 3. The molecular formula is C29H36ClF3N4O3. The predicted molar refractivity (Wildman–Crippen MR) is 147 cm³/mol. The molecule has 2 aliphatic heterocycles. The van der Waals surface area contributed by atoms with Crippen molar-refractivity contribution in [2.45, 2.75) is 57.4 Å². The molecule has 2 fully saturated rings. The number of carbonyl (C=O) groups is 1. The lowest BCUT2D eigenvalue weighted by Crippen LogP contribution is -2.58. The van der Waals surface area contributed by atoms with E-state index in [0.29, 0.717) is 25.1 Å². The highest BCUT2D eigenvalue weighted by molar-refractivity contribution is 6.30. The van der Waals surface area contributed by atoms with Gasteiger partial charge in [0.25, 0.3) is 0 Å². The summed E-state index contributed by atoms with van der Waals surface area (Å²) >= 11 is 6.05. The zero-order valence-corrected chi connectivity index (χ0v) is 23.6. The second-order valence-corrected chi connectivity index (χ2v) is 11.3. The maximum Gasteiger partial charge on any atom is 0.416 e. The molecular weight excluding hydrogens is 545 g/mol. The molecule has 0 radical (unpaired) electrons. The molecule has 0 bridgehead atoms. The van der Waals surface area contributed by atoms with Crippen LogP contribution in [0.3, 0.4) is 0 Å². The van der Waals surface area contributed by atoms with E-state index in [1.54, 1.807) is 18.9 Å². The quantitative estimate of drug-likeness (QED) is 0.317. The molecule has 2 heterocycles. The minimum Gasteiger partial charge on any atom is -0.396 e. The number of fused-ring (bicyclic) bond motifs is 1. The van der Waals surface area contributed by atoms with Crippen molar-refractivity contribution >= 4 is 23.5 Å². The normalized spacial score (nSPS) is 21.4. The van der Waals surface area contributed by atoms with Crippen LogP contribution in [0.4, 0.5) is 13.2 Å². The number of alkyl halides is 3. The fourth-order valence-electron chi connectivity index (χ4n) is 6.29. The van der Waals surface area contributed by atoms with Gasteiger partial charge in [0.2, 0.25) is 5.91 Å². The molecule has 2 aromatic rings. The van der Waals surface area contributed by atoms with Crippen molar-refractivity contribution in [1.29, 1.82) is 5.41 Å². The van der Waals surface area contributed by atoms with Crippen LogP contribution in [0.2, 0.25) is 5.02 Å².